The van der Waals surface area contributed by atoms with Crippen molar-refractivity contribution in [2.75, 3.05) is 0 Å². The molecule has 0 saturated heterocycles. The third-order valence-corrected chi connectivity index (χ3v) is 4.51. The molecule has 1 spiro atoms. The first-order valence-corrected chi connectivity index (χ1v) is 4.99. The highest BCUT2D eigenvalue weighted by atomic mass is 16.3. The number of aliphatic hydroxyl groups is 1. The summed E-state index contributed by atoms with van der Waals surface area (Å²) < 4.78 is 0. The van der Waals surface area contributed by atoms with Crippen LogP contribution in [0.1, 0.15) is 38.5 Å². The molecule has 3 saturated carbocycles. The van der Waals surface area contributed by atoms with E-state index in [1.54, 1.807) is 0 Å². The van der Waals surface area contributed by atoms with Crippen molar-refractivity contribution in [2.45, 2.75) is 44.6 Å². The quantitative estimate of drug-likeness (QED) is 0.562. The van der Waals surface area contributed by atoms with E-state index in [1.165, 1.54) is 32.1 Å². The summed E-state index contributed by atoms with van der Waals surface area (Å²) in [6.07, 6.45) is 8.12. The minimum Gasteiger partial charge on any atom is -0.393 e. The topological polar surface area (TPSA) is 20.2 Å². The molecule has 0 aromatic heterocycles. The Morgan fingerprint density at radius 1 is 1.27 bits per heavy atom. The normalized spacial score (nSPS) is 60.3. The predicted molar refractivity (Wildman–Crippen MR) is 43.1 cm³/mol. The van der Waals surface area contributed by atoms with E-state index < -0.39 is 0 Å². The summed E-state index contributed by atoms with van der Waals surface area (Å²) >= 11 is 0. The summed E-state index contributed by atoms with van der Waals surface area (Å²) in [5, 5.41) is 9.88. The molecule has 1 N–H and O–H groups in total. The van der Waals surface area contributed by atoms with Crippen LogP contribution in [0.15, 0.2) is 0 Å². The molecule has 11 heavy (non-hydrogen) atoms. The fourth-order valence-corrected chi connectivity index (χ4v) is 4.12. The lowest BCUT2D eigenvalue weighted by Crippen LogP contribution is -2.33. The van der Waals surface area contributed by atoms with Gasteiger partial charge in [0.25, 0.3) is 0 Å². The number of aliphatic hydroxyl groups excluding tert-OH is 1. The number of hydrogen-bond donors (Lipinski definition) is 1. The van der Waals surface area contributed by atoms with E-state index in [9.17, 15) is 5.11 Å². The third-order valence-electron chi connectivity index (χ3n) is 4.51. The molecule has 3 fully saturated rings. The molecular weight excluding hydrogens is 136 g/mol. The molecule has 1 nitrogen and oxygen atoms in total. The monoisotopic (exact) mass is 152 g/mol. The van der Waals surface area contributed by atoms with E-state index in [1.807, 2.05) is 0 Å². The summed E-state index contributed by atoms with van der Waals surface area (Å²) in [6, 6.07) is 0. The molecule has 1 heteroatoms. The maximum atomic E-state index is 9.88. The van der Waals surface area contributed by atoms with Gasteiger partial charge in [-0.3, -0.25) is 0 Å². The van der Waals surface area contributed by atoms with Crippen molar-refractivity contribution in [3.63, 3.8) is 0 Å². The minimum absolute atomic E-state index is 0.0775. The Morgan fingerprint density at radius 2 is 2.18 bits per heavy atom. The number of hydrogen-bond acceptors (Lipinski definition) is 1. The van der Waals surface area contributed by atoms with Gasteiger partial charge in [0.15, 0.2) is 0 Å². The summed E-state index contributed by atoms with van der Waals surface area (Å²) in [5.74, 6) is 1.81. The molecule has 3 aliphatic carbocycles. The second kappa shape index (κ2) is 1.82. The maximum absolute atomic E-state index is 9.88. The SMILES string of the molecule is O[C@H]1C[C@@H]2C[C@H]3CCC[C@@]31C2. The van der Waals surface area contributed by atoms with E-state index >= 15 is 0 Å². The van der Waals surface area contributed by atoms with E-state index in [0.29, 0.717) is 5.41 Å². The molecule has 3 aliphatic rings. The third kappa shape index (κ3) is 0.618. The Labute approximate surface area is 67.8 Å². The van der Waals surface area contributed by atoms with Crippen LogP contribution < -0.4 is 0 Å². The highest BCUT2D eigenvalue weighted by Crippen LogP contribution is 2.64. The summed E-state index contributed by atoms with van der Waals surface area (Å²) in [7, 11) is 0. The van der Waals surface area contributed by atoms with Crippen LogP contribution in [0.2, 0.25) is 0 Å². The maximum Gasteiger partial charge on any atom is 0.0601 e. The molecule has 0 amide bonds. The molecule has 0 unspecified atom stereocenters. The highest BCUT2D eigenvalue weighted by Gasteiger charge is 2.58. The zero-order valence-corrected chi connectivity index (χ0v) is 6.92. The molecule has 3 rings (SSSR count). The van der Waals surface area contributed by atoms with Gasteiger partial charge in [-0.15, -0.1) is 0 Å². The Kier molecular flexibility index (Phi) is 1.07. The van der Waals surface area contributed by atoms with Crippen molar-refractivity contribution in [1.29, 1.82) is 0 Å². The summed E-state index contributed by atoms with van der Waals surface area (Å²) in [6.45, 7) is 0. The van der Waals surface area contributed by atoms with Crippen molar-refractivity contribution in [2.24, 2.45) is 17.3 Å². The molecule has 62 valence electrons. The molecule has 0 heterocycles. The summed E-state index contributed by atoms with van der Waals surface area (Å²) in [5.41, 5.74) is 0.435. The van der Waals surface area contributed by atoms with Crippen molar-refractivity contribution < 1.29 is 5.11 Å². The van der Waals surface area contributed by atoms with Gasteiger partial charge in [-0.05, 0) is 49.4 Å². The van der Waals surface area contributed by atoms with Crippen LogP contribution in [-0.4, -0.2) is 11.2 Å². The first-order valence-electron chi connectivity index (χ1n) is 4.99. The van der Waals surface area contributed by atoms with Crippen LogP contribution >= 0.6 is 0 Å². The fourth-order valence-electron chi connectivity index (χ4n) is 4.12. The number of fused-ring (bicyclic) bond motifs is 1. The lowest BCUT2D eigenvalue weighted by Gasteiger charge is -2.33. The van der Waals surface area contributed by atoms with Gasteiger partial charge in [0, 0.05) is 0 Å². The molecule has 0 radical (unpaired) electrons. The van der Waals surface area contributed by atoms with E-state index in [4.69, 9.17) is 0 Å². The second-order valence-corrected chi connectivity index (χ2v) is 4.88. The Hall–Kier alpha value is -0.0400. The van der Waals surface area contributed by atoms with E-state index in [2.05, 4.69) is 0 Å². The van der Waals surface area contributed by atoms with Crippen molar-refractivity contribution >= 4 is 0 Å². The fraction of sp³-hybridized carbons (Fsp3) is 1.00. The van der Waals surface area contributed by atoms with Crippen molar-refractivity contribution in [3.05, 3.63) is 0 Å². The van der Waals surface area contributed by atoms with Crippen molar-refractivity contribution in [1.82, 2.24) is 0 Å². The van der Waals surface area contributed by atoms with Gasteiger partial charge < -0.3 is 5.11 Å². The van der Waals surface area contributed by atoms with Gasteiger partial charge >= 0.3 is 0 Å². The van der Waals surface area contributed by atoms with Crippen LogP contribution in [0.25, 0.3) is 0 Å². The van der Waals surface area contributed by atoms with Crippen molar-refractivity contribution in [3.8, 4) is 0 Å². The molecular formula is C10H16O. The van der Waals surface area contributed by atoms with Crippen LogP contribution in [0.3, 0.4) is 0 Å². The Balaban J connectivity index is 2.00. The first-order chi connectivity index (χ1) is 5.31. The van der Waals surface area contributed by atoms with Gasteiger partial charge in [0.2, 0.25) is 0 Å². The highest BCUT2D eigenvalue weighted by molar-refractivity contribution is 5.09. The van der Waals surface area contributed by atoms with Crippen LogP contribution in [0, 0.1) is 17.3 Å². The first kappa shape index (κ1) is 6.47. The van der Waals surface area contributed by atoms with Gasteiger partial charge in [-0.25, -0.2) is 0 Å². The van der Waals surface area contributed by atoms with E-state index in [-0.39, 0.29) is 6.10 Å². The Morgan fingerprint density at radius 3 is 2.91 bits per heavy atom. The van der Waals surface area contributed by atoms with Gasteiger partial charge in [-0.2, -0.15) is 0 Å². The van der Waals surface area contributed by atoms with E-state index in [0.717, 1.165) is 18.3 Å². The second-order valence-electron chi connectivity index (χ2n) is 4.88. The van der Waals surface area contributed by atoms with Crippen LogP contribution in [0.5, 0.6) is 0 Å². The molecule has 2 bridgehead atoms. The zero-order valence-electron chi connectivity index (χ0n) is 6.92. The average molecular weight is 152 g/mol. The zero-order chi connectivity index (χ0) is 7.47. The largest absolute Gasteiger partial charge is 0.393 e. The number of rotatable bonds is 0. The predicted octanol–water partition coefficient (Wildman–Crippen LogP) is 1.95. The van der Waals surface area contributed by atoms with Gasteiger partial charge in [0.1, 0.15) is 0 Å². The van der Waals surface area contributed by atoms with Gasteiger partial charge in [-0.1, -0.05) is 6.42 Å². The smallest absolute Gasteiger partial charge is 0.0601 e. The standard InChI is InChI=1S/C10H16O/c11-9-5-7-4-8-2-1-3-10(8,9)6-7/h7-9,11H,1-6H2/t7-,8+,9-,10+/m0/s1. The molecule has 0 aliphatic heterocycles. The van der Waals surface area contributed by atoms with Crippen LogP contribution in [-0.2, 0) is 0 Å². The van der Waals surface area contributed by atoms with Crippen LogP contribution in [0.4, 0.5) is 0 Å². The lowest BCUT2D eigenvalue weighted by molar-refractivity contribution is 0.0173. The Bertz CT molecular complexity index is 189. The average Bonchev–Trinajstić information content (AvgIpc) is 2.49. The summed E-state index contributed by atoms with van der Waals surface area (Å²) in [4.78, 5) is 0. The molecule has 4 atom stereocenters. The molecule has 0 aromatic carbocycles. The molecule has 0 aromatic rings. The minimum atomic E-state index is 0.0775. The van der Waals surface area contributed by atoms with Gasteiger partial charge in [0.05, 0.1) is 6.10 Å². The lowest BCUT2D eigenvalue weighted by atomic mass is 9.75.